The third kappa shape index (κ3) is 4.77. The van der Waals surface area contributed by atoms with Crippen LogP contribution in [-0.2, 0) is 43.8 Å². The van der Waals surface area contributed by atoms with Gasteiger partial charge >= 0.3 is 0 Å². The van der Waals surface area contributed by atoms with Crippen LogP contribution in [0.3, 0.4) is 0 Å². The third-order valence-electron chi connectivity index (χ3n) is 6.27. The van der Waals surface area contributed by atoms with Gasteiger partial charge in [-0.25, -0.2) is 0 Å². The van der Waals surface area contributed by atoms with Gasteiger partial charge in [-0.15, -0.1) is 0 Å². The predicted molar refractivity (Wildman–Crippen MR) is 123 cm³/mol. The number of hydrogen-bond acceptors (Lipinski definition) is 6. The monoisotopic (exact) mass is 447 g/mol. The lowest BCUT2D eigenvalue weighted by molar-refractivity contribution is 0.0942. The Hall–Kier alpha value is -3.23. The molecule has 1 amide bonds. The maximum Gasteiger partial charge on any atom is 0.272 e. The van der Waals surface area contributed by atoms with Crippen molar-refractivity contribution in [2.45, 2.75) is 39.0 Å². The van der Waals surface area contributed by atoms with Crippen molar-refractivity contribution < 1.29 is 14.3 Å². The van der Waals surface area contributed by atoms with E-state index in [1.54, 1.807) is 19.5 Å². The molecule has 0 aliphatic carbocycles. The van der Waals surface area contributed by atoms with Gasteiger partial charge in [0.25, 0.3) is 5.91 Å². The van der Waals surface area contributed by atoms with Crippen LogP contribution in [0.5, 0.6) is 5.75 Å². The first-order chi connectivity index (χ1) is 16.2. The highest BCUT2D eigenvalue weighted by Gasteiger charge is 2.28. The van der Waals surface area contributed by atoms with Gasteiger partial charge in [0, 0.05) is 69.8 Å². The summed E-state index contributed by atoms with van der Waals surface area (Å²) in [7, 11) is 1.68. The second-order valence-corrected chi connectivity index (χ2v) is 8.53. The lowest BCUT2D eigenvalue weighted by atomic mass is 10.0. The molecular weight excluding hydrogens is 418 g/mol. The Balaban J connectivity index is 1.33. The minimum absolute atomic E-state index is 0.150. The Morgan fingerprint density at radius 1 is 1.24 bits per heavy atom. The first-order valence-electron chi connectivity index (χ1n) is 11.4. The fourth-order valence-corrected chi connectivity index (χ4v) is 4.59. The Morgan fingerprint density at radius 2 is 2.18 bits per heavy atom. The van der Waals surface area contributed by atoms with Crippen LogP contribution in [0.2, 0.25) is 0 Å². The van der Waals surface area contributed by atoms with Gasteiger partial charge in [-0.05, 0) is 28.8 Å². The van der Waals surface area contributed by atoms with E-state index in [1.165, 1.54) is 11.1 Å². The van der Waals surface area contributed by atoms with Crippen LogP contribution in [0, 0.1) is 0 Å². The van der Waals surface area contributed by atoms with Crippen LogP contribution in [0.1, 0.15) is 38.4 Å². The lowest BCUT2D eigenvalue weighted by Crippen LogP contribution is -2.32. The normalized spacial score (nSPS) is 15.1. The molecule has 2 aromatic heterocycles. The molecule has 33 heavy (non-hydrogen) atoms. The highest BCUT2D eigenvalue weighted by molar-refractivity contribution is 5.94. The molecule has 0 atom stereocenters. The molecule has 8 nitrogen and oxygen atoms in total. The fourth-order valence-electron chi connectivity index (χ4n) is 4.59. The Kier molecular flexibility index (Phi) is 6.37. The summed E-state index contributed by atoms with van der Waals surface area (Å²) in [5.74, 6) is 0.856. The van der Waals surface area contributed by atoms with Gasteiger partial charge in [0.15, 0.2) is 5.69 Å². The average molecular weight is 448 g/mol. The van der Waals surface area contributed by atoms with Crippen molar-refractivity contribution in [1.29, 1.82) is 0 Å². The number of amides is 1. The summed E-state index contributed by atoms with van der Waals surface area (Å²) in [5.41, 5.74) is 6.19. The first kappa shape index (κ1) is 21.6. The molecule has 172 valence electrons. The summed E-state index contributed by atoms with van der Waals surface area (Å²) >= 11 is 0. The van der Waals surface area contributed by atoms with Crippen molar-refractivity contribution in [3.05, 3.63) is 76.4 Å². The number of fused-ring (bicyclic) bond motifs is 2. The summed E-state index contributed by atoms with van der Waals surface area (Å²) in [6, 6.07) is 10.3. The van der Waals surface area contributed by atoms with Crippen molar-refractivity contribution in [2.24, 2.45) is 0 Å². The molecule has 0 fully saturated rings. The lowest BCUT2D eigenvalue weighted by Gasteiger charge is -2.28. The molecule has 0 saturated heterocycles. The highest BCUT2D eigenvalue weighted by Crippen LogP contribution is 2.28. The van der Waals surface area contributed by atoms with Crippen molar-refractivity contribution in [3.8, 4) is 5.75 Å². The minimum atomic E-state index is -0.150. The molecule has 1 N–H and O–H groups in total. The standard InChI is InChI=1S/C25H29N5O3/c1-32-12-10-30-22-6-9-29(16-18-4-5-23-20(13-18)7-11-33-23)17-21(22)24(28-30)25(31)27-15-19-3-2-8-26-14-19/h2-5,8,13-14H,6-7,9-12,15-17H2,1H3,(H,27,31). The smallest absolute Gasteiger partial charge is 0.272 e. The van der Waals surface area contributed by atoms with E-state index in [1.807, 2.05) is 16.8 Å². The minimum Gasteiger partial charge on any atom is -0.493 e. The number of pyridine rings is 1. The van der Waals surface area contributed by atoms with Gasteiger partial charge in [-0.1, -0.05) is 18.2 Å². The molecule has 1 aromatic carbocycles. The number of benzene rings is 1. The number of carbonyl (C=O) groups excluding carboxylic acids is 1. The molecule has 8 heteroatoms. The second-order valence-electron chi connectivity index (χ2n) is 8.53. The van der Waals surface area contributed by atoms with Crippen molar-refractivity contribution >= 4 is 5.91 Å². The number of ether oxygens (including phenoxy) is 2. The molecule has 2 aliphatic rings. The number of hydrogen-bond donors (Lipinski definition) is 1. The van der Waals surface area contributed by atoms with Crippen LogP contribution in [0.25, 0.3) is 0 Å². The summed E-state index contributed by atoms with van der Waals surface area (Å²) in [5, 5.41) is 7.71. The van der Waals surface area contributed by atoms with E-state index in [0.717, 1.165) is 55.1 Å². The molecule has 0 bridgehead atoms. The van der Waals surface area contributed by atoms with Crippen LogP contribution in [0.15, 0.2) is 42.7 Å². The van der Waals surface area contributed by atoms with E-state index < -0.39 is 0 Å². The van der Waals surface area contributed by atoms with Crippen molar-refractivity contribution in [3.63, 3.8) is 0 Å². The van der Waals surface area contributed by atoms with Crippen LogP contribution >= 0.6 is 0 Å². The van der Waals surface area contributed by atoms with E-state index in [9.17, 15) is 4.79 Å². The van der Waals surface area contributed by atoms with Crippen molar-refractivity contribution in [1.82, 2.24) is 25.0 Å². The second kappa shape index (κ2) is 9.72. The number of methoxy groups -OCH3 is 1. The summed E-state index contributed by atoms with van der Waals surface area (Å²) in [6.45, 7) is 4.86. The zero-order valence-electron chi connectivity index (χ0n) is 18.9. The molecule has 0 spiro atoms. The van der Waals surface area contributed by atoms with Crippen LogP contribution < -0.4 is 10.1 Å². The summed E-state index contributed by atoms with van der Waals surface area (Å²) in [6.07, 6.45) is 5.31. The number of carbonyl (C=O) groups is 1. The van der Waals surface area contributed by atoms with Gasteiger partial charge in [-0.2, -0.15) is 5.10 Å². The third-order valence-corrected chi connectivity index (χ3v) is 6.27. The quantitative estimate of drug-likeness (QED) is 0.571. The summed E-state index contributed by atoms with van der Waals surface area (Å²) < 4.78 is 12.8. The van der Waals surface area contributed by atoms with Crippen LogP contribution in [-0.4, -0.2) is 52.4 Å². The first-order valence-corrected chi connectivity index (χ1v) is 11.4. The fraction of sp³-hybridized carbons (Fsp3) is 0.400. The van der Waals surface area contributed by atoms with E-state index in [4.69, 9.17) is 14.6 Å². The van der Waals surface area contributed by atoms with Gasteiger partial charge < -0.3 is 14.8 Å². The molecule has 3 aromatic rings. The van der Waals surface area contributed by atoms with Gasteiger partial charge in [0.2, 0.25) is 0 Å². The molecule has 0 saturated carbocycles. The van der Waals surface area contributed by atoms with Gasteiger partial charge in [0.05, 0.1) is 19.8 Å². The molecule has 2 aliphatic heterocycles. The molecule has 4 heterocycles. The topological polar surface area (TPSA) is 81.5 Å². The summed E-state index contributed by atoms with van der Waals surface area (Å²) in [4.78, 5) is 19.6. The van der Waals surface area contributed by atoms with E-state index in [2.05, 4.69) is 33.4 Å². The maximum absolute atomic E-state index is 13.1. The van der Waals surface area contributed by atoms with Gasteiger partial charge in [0.1, 0.15) is 5.75 Å². The predicted octanol–water partition coefficient (Wildman–Crippen LogP) is 2.35. The number of nitrogens with zero attached hydrogens (tertiary/aromatic N) is 4. The Labute approximate surface area is 193 Å². The Morgan fingerprint density at radius 3 is 3.03 bits per heavy atom. The van der Waals surface area contributed by atoms with Crippen molar-refractivity contribution in [2.75, 3.05) is 26.9 Å². The largest absolute Gasteiger partial charge is 0.493 e. The number of nitrogens with one attached hydrogen (secondary N) is 1. The molecule has 0 radical (unpaired) electrons. The highest BCUT2D eigenvalue weighted by atomic mass is 16.5. The average Bonchev–Trinajstić information content (AvgIpc) is 3.46. The van der Waals surface area contributed by atoms with E-state index in [-0.39, 0.29) is 5.91 Å². The molecule has 0 unspecified atom stereocenters. The van der Waals surface area contributed by atoms with Crippen LogP contribution in [0.4, 0.5) is 0 Å². The number of rotatable bonds is 8. The number of aromatic nitrogens is 3. The zero-order chi connectivity index (χ0) is 22.6. The SMILES string of the molecule is COCCn1nc(C(=O)NCc2cccnc2)c2c1CCN(Cc1ccc3c(c1)CCO3)C2. The Bertz CT molecular complexity index is 1130. The molecular formula is C25H29N5O3. The van der Waals surface area contributed by atoms with E-state index in [0.29, 0.717) is 31.9 Å². The maximum atomic E-state index is 13.1. The zero-order valence-corrected chi connectivity index (χ0v) is 18.9. The van der Waals surface area contributed by atoms with E-state index >= 15 is 0 Å². The van der Waals surface area contributed by atoms with Gasteiger partial charge in [-0.3, -0.25) is 19.4 Å². The molecule has 5 rings (SSSR count).